The molecule has 5 aromatic rings. The van der Waals surface area contributed by atoms with Crippen LogP contribution in [-0.2, 0) is 6.54 Å². The number of carbonyl (C=O) groups is 1. The second kappa shape index (κ2) is 7.67. The van der Waals surface area contributed by atoms with Crippen molar-refractivity contribution < 1.29 is 4.79 Å². The van der Waals surface area contributed by atoms with Crippen LogP contribution in [0.5, 0.6) is 0 Å². The number of aromatic nitrogens is 7. The van der Waals surface area contributed by atoms with Gasteiger partial charge in [-0.1, -0.05) is 24.3 Å². The highest BCUT2D eigenvalue weighted by Gasteiger charge is 2.14. The summed E-state index contributed by atoms with van der Waals surface area (Å²) in [6, 6.07) is 14.5. The minimum atomic E-state index is -0.274. The molecule has 0 aliphatic heterocycles. The van der Waals surface area contributed by atoms with Crippen molar-refractivity contribution >= 4 is 22.6 Å². The van der Waals surface area contributed by atoms with Gasteiger partial charge in [0.1, 0.15) is 18.0 Å². The third kappa shape index (κ3) is 3.57. The van der Waals surface area contributed by atoms with Crippen LogP contribution in [0.4, 0.5) is 5.69 Å². The van der Waals surface area contributed by atoms with Gasteiger partial charge >= 0.3 is 0 Å². The first-order chi connectivity index (χ1) is 15.2. The number of nitrogens with zero attached hydrogens (tertiary/aromatic N) is 6. The number of fused-ring (bicyclic) bond motifs is 1. The van der Waals surface area contributed by atoms with Crippen LogP contribution in [0.25, 0.3) is 16.7 Å². The molecule has 0 radical (unpaired) electrons. The second-order valence-corrected chi connectivity index (χ2v) is 6.79. The molecule has 5 rings (SSSR count). The van der Waals surface area contributed by atoms with E-state index in [-0.39, 0.29) is 11.5 Å². The van der Waals surface area contributed by atoms with E-state index in [1.54, 1.807) is 35.3 Å². The van der Waals surface area contributed by atoms with E-state index in [1.165, 1.54) is 23.5 Å². The van der Waals surface area contributed by atoms with Crippen molar-refractivity contribution in [2.45, 2.75) is 6.54 Å². The molecule has 0 bridgehead atoms. The molecule has 0 atom stereocenters. The van der Waals surface area contributed by atoms with Gasteiger partial charge in [-0.05, 0) is 29.8 Å². The number of carbonyl (C=O) groups excluding carboxylic acids is 1. The number of para-hydroxylation sites is 2. The predicted octanol–water partition coefficient (Wildman–Crippen LogP) is 2.00. The van der Waals surface area contributed by atoms with E-state index in [4.69, 9.17) is 0 Å². The van der Waals surface area contributed by atoms with Crippen molar-refractivity contribution in [2.24, 2.45) is 0 Å². The van der Waals surface area contributed by atoms with Crippen molar-refractivity contribution in [3.8, 4) is 5.69 Å². The van der Waals surface area contributed by atoms with Gasteiger partial charge in [0.2, 0.25) is 0 Å². The summed E-state index contributed by atoms with van der Waals surface area (Å²) in [7, 11) is 0. The summed E-state index contributed by atoms with van der Waals surface area (Å²) < 4.78 is 3.24. The van der Waals surface area contributed by atoms with Gasteiger partial charge < -0.3 is 10.3 Å². The maximum absolute atomic E-state index is 12.8. The van der Waals surface area contributed by atoms with E-state index in [9.17, 15) is 9.59 Å². The zero-order valence-corrected chi connectivity index (χ0v) is 16.1. The van der Waals surface area contributed by atoms with Gasteiger partial charge in [-0.25, -0.2) is 19.3 Å². The molecular formula is C21H16N8O2. The van der Waals surface area contributed by atoms with Crippen LogP contribution >= 0.6 is 0 Å². The fourth-order valence-corrected chi connectivity index (χ4v) is 3.25. The minimum absolute atomic E-state index is 0.262. The van der Waals surface area contributed by atoms with Crippen LogP contribution in [0.1, 0.15) is 15.9 Å². The molecule has 3 aromatic heterocycles. The lowest BCUT2D eigenvalue weighted by Crippen LogP contribution is -2.14. The first-order valence-corrected chi connectivity index (χ1v) is 9.42. The van der Waals surface area contributed by atoms with Gasteiger partial charge in [0.25, 0.3) is 11.5 Å². The van der Waals surface area contributed by atoms with E-state index < -0.39 is 0 Å². The molecule has 0 saturated carbocycles. The van der Waals surface area contributed by atoms with E-state index in [2.05, 4.69) is 30.5 Å². The summed E-state index contributed by atoms with van der Waals surface area (Å²) in [5.41, 5.74) is 2.79. The molecule has 10 heteroatoms. The standard InChI is InChI=1S/C21H16N8O2/c30-20(15-7-5-14(6-8-15)10-28-13-22-11-26-28)27-17-3-1-2-4-18(17)29-19-16(9-25-29)21(31)24-12-23-19/h1-9,11-13H,10H2,(H,27,30)(H,23,24,31). The number of amides is 1. The molecule has 31 heavy (non-hydrogen) atoms. The van der Waals surface area contributed by atoms with Crippen LogP contribution in [0.3, 0.4) is 0 Å². The predicted molar refractivity (Wildman–Crippen MR) is 113 cm³/mol. The van der Waals surface area contributed by atoms with Crippen molar-refractivity contribution in [3.05, 3.63) is 95.2 Å². The zero-order valence-electron chi connectivity index (χ0n) is 16.1. The van der Waals surface area contributed by atoms with Crippen molar-refractivity contribution in [1.29, 1.82) is 0 Å². The van der Waals surface area contributed by atoms with Gasteiger partial charge in [-0.15, -0.1) is 0 Å². The second-order valence-electron chi connectivity index (χ2n) is 6.79. The van der Waals surface area contributed by atoms with Crippen LogP contribution in [0.2, 0.25) is 0 Å². The average Bonchev–Trinajstić information content (AvgIpc) is 3.45. The summed E-state index contributed by atoms with van der Waals surface area (Å²) in [6.45, 7) is 0.573. The van der Waals surface area contributed by atoms with Gasteiger partial charge in [0, 0.05) is 5.56 Å². The number of hydrogen-bond donors (Lipinski definition) is 2. The Kier molecular flexibility index (Phi) is 4.56. The quantitative estimate of drug-likeness (QED) is 0.455. The Morgan fingerprint density at radius 2 is 1.90 bits per heavy atom. The molecule has 0 saturated heterocycles. The van der Waals surface area contributed by atoms with Crippen LogP contribution in [-0.4, -0.2) is 40.4 Å². The van der Waals surface area contributed by atoms with E-state index in [0.717, 1.165) is 5.56 Å². The number of H-pyrrole nitrogens is 1. The molecule has 1 amide bonds. The van der Waals surface area contributed by atoms with Crippen molar-refractivity contribution in [2.75, 3.05) is 5.32 Å². The van der Waals surface area contributed by atoms with E-state index >= 15 is 0 Å². The first kappa shape index (κ1) is 18.4. The molecule has 0 aliphatic carbocycles. The number of hydrogen-bond acceptors (Lipinski definition) is 6. The normalized spacial score (nSPS) is 11.0. The maximum atomic E-state index is 12.8. The number of rotatable bonds is 5. The number of anilines is 1. The zero-order chi connectivity index (χ0) is 21.2. The Morgan fingerprint density at radius 3 is 2.71 bits per heavy atom. The molecule has 152 valence electrons. The molecule has 3 heterocycles. The summed E-state index contributed by atoms with van der Waals surface area (Å²) in [5.74, 6) is -0.262. The van der Waals surface area contributed by atoms with Crippen LogP contribution < -0.4 is 10.9 Å². The topological polar surface area (TPSA) is 123 Å². The third-order valence-electron chi connectivity index (χ3n) is 4.78. The van der Waals surface area contributed by atoms with E-state index in [1.807, 2.05) is 24.3 Å². The van der Waals surface area contributed by atoms with Gasteiger partial charge in [0.05, 0.1) is 30.4 Å². The number of benzene rings is 2. The smallest absolute Gasteiger partial charge is 0.261 e. The molecule has 2 aromatic carbocycles. The lowest BCUT2D eigenvalue weighted by atomic mass is 10.1. The van der Waals surface area contributed by atoms with Crippen molar-refractivity contribution in [1.82, 2.24) is 34.5 Å². The van der Waals surface area contributed by atoms with Gasteiger partial charge in [-0.2, -0.15) is 10.2 Å². The fraction of sp³-hybridized carbons (Fsp3) is 0.0476. The lowest BCUT2D eigenvalue weighted by Gasteiger charge is -2.12. The highest BCUT2D eigenvalue weighted by atomic mass is 16.1. The summed E-state index contributed by atoms with van der Waals surface area (Å²) in [6.07, 6.45) is 5.89. The van der Waals surface area contributed by atoms with Crippen LogP contribution in [0, 0.1) is 0 Å². The molecule has 0 spiro atoms. The third-order valence-corrected chi connectivity index (χ3v) is 4.78. The van der Waals surface area contributed by atoms with Crippen molar-refractivity contribution in [3.63, 3.8) is 0 Å². The highest BCUT2D eigenvalue weighted by molar-refractivity contribution is 6.05. The fourth-order valence-electron chi connectivity index (χ4n) is 3.25. The molecule has 0 fully saturated rings. The Balaban J connectivity index is 1.41. The van der Waals surface area contributed by atoms with Gasteiger partial charge in [-0.3, -0.25) is 9.59 Å². The highest BCUT2D eigenvalue weighted by Crippen LogP contribution is 2.23. The number of aromatic amines is 1. The van der Waals surface area contributed by atoms with Crippen LogP contribution in [0.15, 0.2) is 78.5 Å². The Morgan fingerprint density at radius 1 is 1.06 bits per heavy atom. The van der Waals surface area contributed by atoms with E-state index in [0.29, 0.717) is 34.5 Å². The molecule has 0 unspecified atom stereocenters. The SMILES string of the molecule is O=C(Nc1ccccc1-n1ncc2c(=O)[nH]cnc21)c1ccc(Cn2cncn2)cc1. The summed E-state index contributed by atoms with van der Waals surface area (Å²) in [4.78, 5) is 35.5. The molecule has 10 nitrogen and oxygen atoms in total. The molecular weight excluding hydrogens is 396 g/mol. The molecule has 0 aliphatic rings. The summed E-state index contributed by atoms with van der Waals surface area (Å²) in [5, 5.41) is 11.6. The van der Waals surface area contributed by atoms with Gasteiger partial charge in [0.15, 0.2) is 5.65 Å². The number of nitrogens with one attached hydrogen (secondary N) is 2. The largest absolute Gasteiger partial charge is 0.320 e. The minimum Gasteiger partial charge on any atom is -0.320 e. The molecule has 2 N–H and O–H groups in total. The summed E-state index contributed by atoms with van der Waals surface area (Å²) >= 11 is 0. The Bertz CT molecular complexity index is 1420. The first-order valence-electron chi connectivity index (χ1n) is 9.42. The average molecular weight is 412 g/mol. The lowest BCUT2D eigenvalue weighted by molar-refractivity contribution is 0.102. The Labute approximate surface area is 175 Å². The monoisotopic (exact) mass is 412 g/mol. The Hall–Kier alpha value is -4.60. The maximum Gasteiger partial charge on any atom is 0.261 e.